The van der Waals surface area contributed by atoms with Crippen LogP contribution in [0.2, 0.25) is 0 Å². The Morgan fingerprint density at radius 3 is 2.34 bits per heavy atom. The number of amides is 1. The van der Waals surface area contributed by atoms with Crippen molar-refractivity contribution in [1.29, 1.82) is 0 Å². The molecule has 0 spiro atoms. The molecule has 7 heteroatoms. The molecular formula is C22H16F4N2O. The van der Waals surface area contributed by atoms with E-state index in [9.17, 15) is 22.4 Å². The highest BCUT2D eigenvalue weighted by atomic mass is 19.4. The summed E-state index contributed by atoms with van der Waals surface area (Å²) < 4.78 is 53.9. The molecule has 29 heavy (non-hydrogen) atoms. The van der Waals surface area contributed by atoms with E-state index in [0.717, 1.165) is 17.8 Å². The second-order valence-corrected chi connectivity index (χ2v) is 6.75. The maximum absolute atomic E-state index is 14.0. The second-order valence-electron chi connectivity index (χ2n) is 6.75. The van der Waals surface area contributed by atoms with Crippen LogP contribution in [0, 0.1) is 5.82 Å². The van der Waals surface area contributed by atoms with Crippen LogP contribution in [0.5, 0.6) is 0 Å². The monoisotopic (exact) mass is 400 g/mol. The molecule has 1 unspecified atom stereocenters. The zero-order valence-corrected chi connectivity index (χ0v) is 15.3. The van der Waals surface area contributed by atoms with E-state index in [-0.39, 0.29) is 0 Å². The van der Waals surface area contributed by atoms with Crippen LogP contribution in [-0.2, 0) is 4.79 Å². The minimum Gasteiger partial charge on any atom is -0.273 e. The van der Waals surface area contributed by atoms with Crippen LogP contribution in [0.4, 0.5) is 17.6 Å². The van der Waals surface area contributed by atoms with Crippen LogP contribution in [0.15, 0.2) is 84.2 Å². The van der Waals surface area contributed by atoms with Crippen molar-refractivity contribution in [3.05, 3.63) is 101 Å². The van der Waals surface area contributed by atoms with Crippen molar-refractivity contribution in [2.45, 2.75) is 19.1 Å². The molecule has 2 aromatic carbocycles. The third-order valence-electron chi connectivity index (χ3n) is 4.85. The molecule has 2 heterocycles. The number of hydrogen-bond acceptors (Lipinski definition) is 2. The summed E-state index contributed by atoms with van der Waals surface area (Å²) in [6, 6.07) is 14.0. The summed E-state index contributed by atoms with van der Waals surface area (Å²) in [5.41, 5.74) is 1.39. The van der Waals surface area contributed by atoms with Crippen LogP contribution >= 0.6 is 0 Å². The van der Waals surface area contributed by atoms with Crippen LogP contribution in [0.1, 0.15) is 24.1 Å². The first-order valence-electron chi connectivity index (χ1n) is 8.88. The van der Waals surface area contributed by atoms with Crippen molar-refractivity contribution in [2.24, 2.45) is 0 Å². The maximum atomic E-state index is 14.0. The topological polar surface area (TPSA) is 23.6 Å². The van der Waals surface area contributed by atoms with Crippen LogP contribution in [0.25, 0.3) is 5.57 Å². The van der Waals surface area contributed by atoms with Gasteiger partial charge in [0.15, 0.2) is 0 Å². The van der Waals surface area contributed by atoms with Crippen molar-refractivity contribution >= 4 is 11.5 Å². The minimum atomic E-state index is -4.56. The summed E-state index contributed by atoms with van der Waals surface area (Å²) in [4.78, 5) is 12.5. The highest BCUT2D eigenvalue weighted by molar-refractivity contribution is 5.85. The van der Waals surface area contributed by atoms with Crippen LogP contribution < -0.4 is 0 Å². The van der Waals surface area contributed by atoms with E-state index in [2.05, 4.69) is 0 Å². The molecular weight excluding hydrogens is 384 g/mol. The first-order valence-corrected chi connectivity index (χ1v) is 8.88. The number of allylic oxidation sites excluding steroid dienone is 3. The summed E-state index contributed by atoms with van der Waals surface area (Å²) in [5, 5.41) is 2.44. The summed E-state index contributed by atoms with van der Waals surface area (Å²) >= 11 is 0. The molecule has 0 saturated carbocycles. The van der Waals surface area contributed by atoms with E-state index in [0.29, 0.717) is 16.8 Å². The molecule has 2 aromatic rings. The Morgan fingerprint density at radius 1 is 1.00 bits per heavy atom. The molecule has 1 amide bonds. The molecule has 0 N–H and O–H groups in total. The Balaban J connectivity index is 1.96. The maximum Gasteiger partial charge on any atom is 0.417 e. The van der Waals surface area contributed by atoms with E-state index >= 15 is 0 Å². The van der Waals surface area contributed by atoms with Gasteiger partial charge < -0.3 is 0 Å². The molecule has 148 valence electrons. The lowest BCUT2D eigenvalue weighted by Crippen LogP contribution is -2.40. The van der Waals surface area contributed by atoms with Gasteiger partial charge in [-0.15, -0.1) is 0 Å². The fourth-order valence-electron chi connectivity index (χ4n) is 3.68. The molecule has 0 saturated heterocycles. The molecule has 2 aliphatic heterocycles. The largest absolute Gasteiger partial charge is 0.417 e. The standard InChI is InChI=1S/C22H16F4N2O/c1-14(29)28-21(16-8-5-9-18(23)12-16)20(15-6-3-2-4-7-15)19-11-10-17(13-27(19)28)22(24,25)26/h2-13,21H,1H3. The predicted octanol–water partition coefficient (Wildman–Crippen LogP) is 5.37. The van der Waals surface area contributed by atoms with E-state index in [1.807, 2.05) is 18.2 Å². The Kier molecular flexibility index (Phi) is 4.53. The lowest BCUT2D eigenvalue weighted by Gasteiger charge is -2.34. The molecule has 0 fully saturated rings. The number of carbonyl (C=O) groups is 1. The quantitative estimate of drug-likeness (QED) is 0.633. The Labute approximate surface area is 164 Å². The number of carbonyl (C=O) groups excluding carboxylic acids is 1. The Hall–Kier alpha value is -3.35. The molecule has 4 rings (SSSR count). The predicted molar refractivity (Wildman–Crippen MR) is 100 cm³/mol. The smallest absolute Gasteiger partial charge is 0.273 e. The van der Waals surface area contributed by atoms with Gasteiger partial charge in [-0.2, -0.15) is 13.2 Å². The average Bonchev–Trinajstić information content (AvgIpc) is 3.02. The van der Waals surface area contributed by atoms with Gasteiger partial charge in [-0.1, -0.05) is 42.5 Å². The molecule has 0 aliphatic carbocycles. The second kappa shape index (κ2) is 6.92. The zero-order chi connectivity index (χ0) is 20.8. The molecule has 2 aliphatic rings. The van der Waals surface area contributed by atoms with E-state index in [1.54, 1.807) is 18.2 Å². The lowest BCUT2D eigenvalue weighted by molar-refractivity contribution is -0.141. The number of alkyl halides is 3. The fraction of sp³-hybridized carbons (Fsp3) is 0.136. The van der Waals surface area contributed by atoms with Gasteiger partial charge >= 0.3 is 6.18 Å². The molecule has 0 aromatic heterocycles. The third kappa shape index (κ3) is 3.33. The van der Waals surface area contributed by atoms with Crippen molar-refractivity contribution in [2.75, 3.05) is 0 Å². The number of benzene rings is 2. The number of halogens is 4. The molecule has 1 atom stereocenters. The Morgan fingerprint density at radius 2 is 1.72 bits per heavy atom. The molecule has 0 radical (unpaired) electrons. The van der Waals surface area contributed by atoms with Gasteiger partial charge in [0.25, 0.3) is 0 Å². The van der Waals surface area contributed by atoms with Crippen molar-refractivity contribution in [3.63, 3.8) is 0 Å². The lowest BCUT2D eigenvalue weighted by atomic mass is 9.91. The van der Waals surface area contributed by atoms with Crippen molar-refractivity contribution in [1.82, 2.24) is 10.0 Å². The fourth-order valence-corrected chi connectivity index (χ4v) is 3.68. The highest BCUT2D eigenvalue weighted by Gasteiger charge is 2.44. The SMILES string of the molecule is CC(=O)N1C(c2cccc(F)c2)C(c2ccccc2)=C2C=CC(C(F)(F)F)=CN21. The average molecular weight is 400 g/mol. The number of hydrogen-bond donors (Lipinski definition) is 0. The third-order valence-corrected chi connectivity index (χ3v) is 4.85. The van der Waals surface area contributed by atoms with Gasteiger partial charge in [0.2, 0.25) is 5.91 Å². The van der Waals surface area contributed by atoms with Gasteiger partial charge in [-0.3, -0.25) is 9.80 Å². The van der Waals surface area contributed by atoms with E-state index in [4.69, 9.17) is 0 Å². The summed E-state index contributed by atoms with van der Waals surface area (Å²) in [5.74, 6) is -0.953. The number of rotatable bonds is 2. The van der Waals surface area contributed by atoms with Crippen LogP contribution in [0.3, 0.4) is 0 Å². The molecule has 3 nitrogen and oxygen atoms in total. The van der Waals surface area contributed by atoms with E-state index in [1.165, 1.54) is 41.2 Å². The van der Waals surface area contributed by atoms with Crippen LogP contribution in [-0.4, -0.2) is 22.1 Å². The number of fused-ring (bicyclic) bond motifs is 1. The minimum absolute atomic E-state index is 0.439. The van der Waals surface area contributed by atoms with E-state index < -0.39 is 29.5 Å². The number of hydrazine groups is 1. The van der Waals surface area contributed by atoms with Crippen molar-refractivity contribution in [3.8, 4) is 0 Å². The zero-order valence-electron chi connectivity index (χ0n) is 15.3. The summed E-state index contributed by atoms with van der Waals surface area (Å²) in [7, 11) is 0. The first kappa shape index (κ1) is 19.0. The summed E-state index contributed by atoms with van der Waals surface area (Å²) in [6.45, 7) is 1.28. The van der Waals surface area contributed by atoms with Gasteiger partial charge in [0.1, 0.15) is 11.9 Å². The van der Waals surface area contributed by atoms with Gasteiger partial charge in [0.05, 0.1) is 11.3 Å². The van der Waals surface area contributed by atoms with Gasteiger partial charge in [0, 0.05) is 18.7 Å². The Bertz CT molecular complexity index is 1050. The highest BCUT2D eigenvalue weighted by Crippen LogP contribution is 2.48. The summed E-state index contributed by atoms with van der Waals surface area (Å²) in [6.07, 6.45) is -1.32. The first-order chi connectivity index (χ1) is 13.8. The van der Waals surface area contributed by atoms with Gasteiger partial charge in [-0.05, 0) is 35.4 Å². The van der Waals surface area contributed by atoms with Crippen molar-refractivity contribution < 1.29 is 22.4 Å². The number of nitrogens with zero attached hydrogens (tertiary/aromatic N) is 2. The normalized spacial score (nSPS) is 18.8. The molecule has 0 bridgehead atoms. The van der Waals surface area contributed by atoms with Gasteiger partial charge in [-0.25, -0.2) is 9.40 Å².